The monoisotopic (exact) mass is 496 g/mol. The number of nitrogens with zero attached hydrogens (tertiary/aromatic N) is 4. The molecule has 0 aliphatic carbocycles. The molecule has 0 fully saturated rings. The van der Waals surface area contributed by atoms with Gasteiger partial charge in [0.05, 0.1) is 39.2 Å². The van der Waals surface area contributed by atoms with Crippen molar-refractivity contribution in [2.45, 2.75) is 6.92 Å². The van der Waals surface area contributed by atoms with Crippen LogP contribution >= 0.6 is 0 Å². The van der Waals surface area contributed by atoms with Gasteiger partial charge in [0.15, 0.2) is 0 Å². The molecular weight excluding hydrogens is 476 g/mol. The smallest absolute Gasteiger partial charge is 0.220 e. The quantitative estimate of drug-likeness (QED) is 0.228. The predicted molar refractivity (Wildman–Crippen MR) is 160 cm³/mol. The van der Waals surface area contributed by atoms with Crippen LogP contribution in [0.15, 0.2) is 103 Å². The summed E-state index contributed by atoms with van der Waals surface area (Å²) in [5.74, 6) is 0.930. The lowest BCUT2D eigenvalue weighted by atomic mass is 9.96. The van der Waals surface area contributed by atoms with E-state index >= 15 is 0 Å². The topological polar surface area (TPSA) is 45.5 Å². The van der Waals surface area contributed by atoms with Crippen LogP contribution in [0.3, 0.4) is 0 Å². The van der Waals surface area contributed by atoms with Gasteiger partial charge < -0.3 is 0 Å². The number of nitriles is 1. The van der Waals surface area contributed by atoms with Gasteiger partial charge in [0.1, 0.15) is 0 Å². The fourth-order valence-electron chi connectivity index (χ4n) is 6.54. The van der Waals surface area contributed by atoms with Crippen molar-refractivity contribution in [2.24, 2.45) is 0 Å². The van der Waals surface area contributed by atoms with Gasteiger partial charge in [-0.1, -0.05) is 54.6 Å². The molecule has 0 bridgehead atoms. The van der Waals surface area contributed by atoms with E-state index in [-0.39, 0.29) is 0 Å². The molecule has 4 nitrogen and oxygen atoms in total. The summed E-state index contributed by atoms with van der Waals surface area (Å²) in [5, 5.41) is 16.7. The molecule has 4 heteroatoms. The Bertz CT molecular complexity index is 2520. The normalized spacial score (nSPS) is 12.2. The summed E-state index contributed by atoms with van der Waals surface area (Å²) in [6, 6.07) is 38.9. The van der Waals surface area contributed by atoms with Crippen LogP contribution in [0.5, 0.6) is 0 Å². The molecule has 39 heavy (non-hydrogen) atoms. The van der Waals surface area contributed by atoms with Crippen molar-refractivity contribution in [1.29, 1.82) is 5.26 Å². The second-order valence-electron chi connectivity index (χ2n) is 10.5. The molecular formula is C35H20N4. The largest absolute Gasteiger partial charge is 0.277 e. The Morgan fingerprint density at radius 1 is 0.641 bits per heavy atom. The number of imidazole rings is 2. The summed E-state index contributed by atoms with van der Waals surface area (Å²) in [6.07, 6.45) is 0. The van der Waals surface area contributed by atoms with E-state index in [1.54, 1.807) is 0 Å². The second-order valence-corrected chi connectivity index (χ2v) is 10.5. The van der Waals surface area contributed by atoms with Crippen molar-refractivity contribution in [2.75, 3.05) is 0 Å². The summed E-state index contributed by atoms with van der Waals surface area (Å²) in [7, 11) is 0. The zero-order chi connectivity index (χ0) is 25.8. The molecule has 0 N–H and O–H groups in total. The maximum Gasteiger partial charge on any atom is 0.220 e. The van der Waals surface area contributed by atoms with Crippen LogP contribution in [0.4, 0.5) is 0 Å². The number of aryl methyl sites for hydroxylation is 1. The van der Waals surface area contributed by atoms with E-state index in [2.05, 4.69) is 113 Å². The lowest BCUT2D eigenvalue weighted by Gasteiger charge is -2.08. The molecule has 0 radical (unpaired) electrons. The number of fused-ring (bicyclic) bond motifs is 10. The van der Waals surface area contributed by atoms with E-state index in [0.717, 1.165) is 44.5 Å². The third-order valence-electron chi connectivity index (χ3n) is 8.32. The van der Waals surface area contributed by atoms with Gasteiger partial charge in [0.2, 0.25) is 5.78 Å². The van der Waals surface area contributed by atoms with Crippen molar-refractivity contribution < 1.29 is 0 Å². The summed E-state index contributed by atoms with van der Waals surface area (Å²) in [5.41, 5.74) is 9.64. The average Bonchev–Trinajstić information content (AvgIpc) is 3.59. The van der Waals surface area contributed by atoms with Gasteiger partial charge in [0, 0.05) is 10.8 Å². The van der Waals surface area contributed by atoms with E-state index in [1.165, 1.54) is 37.8 Å². The highest BCUT2D eigenvalue weighted by molar-refractivity contribution is 6.20. The zero-order valence-electron chi connectivity index (χ0n) is 21.1. The molecule has 180 valence electrons. The van der Waals surface area contributed by atoms with Crippen molar-refractivity contribution in [3.63, 3.8) is 0 Å². The maximum absolute atomic E-state index is 9.43. The minimum Gasteiger partial charge on any atom is -0.277 e. The van der Waals surface area contributed by atoms with Crippen molar-refractivity contribution in [1.82, 2.24) is 13.8 Å². The molecule has 0 atom stereocenters. The fourth-order valence-corrected chi connectivity index (χ4v) is 6.54. The van der Waals surface area contributed by atoms with Crippen molar-refractivity contribution in [3.8, 4) is 17.2 Å². The number of aromatic nitrogens is 3. The summed E-state index contributed by atoms with van der Waals surface area (Å²) < 4.78 is 4.66. The first-order valence-corrected chi connectivity index (χ1v) is 13.1. The Morgan fingerprint density at radius 2 is 1.33 bits per heavy atom. The van der Waals surface area contributed by atoms with Gasteiger partial charge in [-0.3, -0.25) is 8.80 Å². The minimum atomic E-state index is 0.680. The maximum atomic E-state index is 9.43. The highest BCUT2D eigenvalue weighted by Crippen LogP contribution is 2.41. The van der Waals surface area contributed by atoms with E-state index < -0.39 is 0 Å². The number of hydrogen-bond donors (Lipinski definition) is 0. The molecule has 9 aromatic rings. The first kappa shape index (κ1) is 20.6. The highest BCUT2D eigenvalue weighted by atomic mass is 15.2. The third-order valence-corrected chi connectivity index (χ3v) is 8.32. The van der Waals surface area contributed by atoms with Gasteiger partial charge >= 0.3 is 0 Å². The molecule has 0 unspecified atom stereocenters. The lowest BCUT2D eigenvalue weighted by Crippen LogP contribution is -1.88. The molecule has 3 aromatic heterocycles. The van der Waals surface area contributed by atoms with E-state index in [0.29, 0.717) is 5.56 Å². The van der Waals surface area contributed by atoms with E-state index in [4.69, 9.17) is 4.98 Å². The molecule has 0 amide bonds. The average molecular weight is 497 g/mol. The molecule has 3 heterocycles. The van der Waals surface area contributed by atoms with E-state index in [9.17, 15) is 5.26 Å². The highest BCUT2D eigenvalue weighted by Gasteiger charge is 2.23. The first-order chi connectivity index (χ1) is 19.2. The number of hydrogen-bond acceptors (Lipinski definition) is 2. The second kappa shape index (κ2) is 7.12. The molecule has 9 rings (SSSR count). The summed E-state index contributed by atoms with van der Waals surface area (Å²) in [6.45, 7) is 2.08. The predicted octanol–water partition coefficient (Wildman–Crippen LogP) is 8.64. The SMILES string of the molecule is Cc1cc(C#N)ccc1-c1cc2c3cc4ccccc4cc3n3c2c(c1)n1c2cc4ccccc4cc2nc13. The summed E-state index contributed by atoms with van der Waals surface area (Å²) in [4.78, 5) is 5.22. The molecule has 0 aliphatic heterocycles. The Morgan fingerprint density at radius 3 is 2.05 bits per heavy atom. The van der Waals surface area contributed by atoms with Gasteiger partial charge in [-0.15, -0.1) is 0 Å². The fraction of sp³-hybridized carbons (Fsp3) is 0.0286. The Kier molecular flexibility index (Phi) is 3.77. The Balaban J connectivity index is 1.52. The number of benzene rings is 6. The van der Waals surface area contributed by atoms with Crippen LogP contribution in [0, 0.1) is 18.3 Å². The molecule has 0 saturated heterocycles. The van der Waals surface area contributed by atoms with E-state index in [1.807, 2.05) is 12.1 Å². The van der Waals surface area contributed by atoms with Crippen LogP contribution in [0.1, 0.15) is 11.1 Å². The number of rotatable bonds is 1. The van der Waals surface area contributed by atoms with Crippen LogP contribution in [-0.2, 0) is 0 Å². The standard InChI is InChI=1S/C35H20N4/c1-20-12-21(19-36)10-11-27(20)26-14-29-28-13-22-6-2-4-8-24(22)16-31(28)39-34(29)33(18-26)38-32-17-25-9-5-3-7-23(25)15-30(32)37-35(38)39/h2-18H,1H3. The zero-order valence-corrected chi connectivity index (χ0v) is 21.1. The van der Waals surface area contributed by atoms with Crippen molar-refractivity contribution in [3.05, 3.63) is 114 Å². The van der Waals surface area contributed by atoms with Crippen LogP contribution in [0.2, 0.25) is 0 Å². The Hall–Kier alpha value is -5.40. The van der Waals surface area contributed by atoms with Crippen LogP contribution in [-0.4, -0.2) is 13.8 Å². The molecule has 6 aromatic carbocycles. The molecule has 0 saturated carbocycles. The van der Waals surface area contributed by atoms with Gasteiger partial charge in [-0.05, 0) is 93.7 Å². The third kappa shape index (κ3) is 2.64. The summed E-state index contributed by atoms with van der Waals surface area (Å²) >= 11 is 0. The van der Waals surface area contributed by atoms with Crippen molar-refractivity contribution >= 4 is 65.7 Å². The lowest BCUT2D eigenvalue weighted by molar-refractivity contribution is 1.22. The van der Waals surface area contributed by atoms with Gasteiger partial charge in [-0.25, -0.2) is 4.98 Å². The first-order valence-electron chi connectivity index (χ1n) is 13.1. The molecule has 0 spiro atoms. The Labute approximate surface area is 222 Å². The van der Waals surface area contributed by atoms with Crippen LogP contribution < -0.4 is 0 Å². The van der Waals surface area contributed by atoms with Crippen LogP contribution in [0.25, 0.3) is 76.8 Å². The van der Waals surface area contributed by atoms with Gasteiger partial charge in [-0.2, -0.15) is 5.26 Å². The minimum absolute atomic E-state index is 0.680. The molecule has 0 aliphatic rings. The van der Waals surface area contributed by atoms with Gasteiger partial charge in [0.25, 0.3) is 0 Å².